The van der Waals surface area contributed by atoms with E-state index in [0.29, 0.717) is 37.4 Å². The number of hydrogen-bond donors (Lipinski definition) is 1. The average Bonchev–Trinajstić information content (AvgIpc) is 3.22. The van der Waals surface area contributed by atoms with Crippen molar-refractivity contribution in [2.24, 2.45) is 0 Å². The molecule has 1 N–H and O–H groups in total. The Balaban J connectivity index is 1.54. The van der Waals surface area contributed by atoms with Crippen LogP contribution in [0.1, 0.15) is 35.4 Å². The molecule has 0 saturated carbocycles. The molecule has 3 heterocycles. The molecule has 1 aromatic heterocycles. The minimum atomic E-state index is -0.295. The molecule has 30 heavy (non-hydrogen) atoms. The van der Waals surface area contributed by atoms with Gasteiger partial charge >= 0.3 is 0 Å². The molecule has 0 spiro atoms. The SMILES string of the molecule is O=C(Nc1ccc(CC(=O)N2CCOCC2)cc1N1CCCCC1)c1ccc(Br)o1. The minimum absolute atomic E-state index is 0.111. The highest BCUT2D eigenvalue weighted by Crippen LogP contribution is 2.31. The summed E-state index contributed by atoms with van der Waals surface area (Å²) < 4.78 is 11.2. The maximum absolute atomic E-state index is 12.7. The maximum Gasteiger partial charge on any atom is 0.291 e. The molecule has 7 nitrogen and oxygen atoms in total. The highest BCUT2D eigenvalue weighted by Gasteiger charge is 2.21. The van der Waals surface area contributed by atoms with Crippen molar-refractivity contribution in [3.63, 3.8) is 0 Å². The van der Waals surface area contributed by atoms with Gasteiger partial charge in [0, 0.05) is 26.2 Å². The summed E-state index contributed by atoms with van der Waals surface area (Å²) in [6.45, 7) is 4.36. The van der Waals surface area contributed by atoms with Crippen molar-refractivity contribution in [1.29, 1.82) is 0 Å². The predicted octanol–water partition coefficient (Wildman–Crippen LogP) is 3.69. The van der Waals surface area contributed by atoms with E-state index in [9.17, 15) is 9.59 Å². The van der Waals surface area contributed by atoms with Gasteiger partial charge in [-0.15, -0.1) is 0 Å². The normalized spacial score (nSPS) is 17.1. The van der Waals surface area contributed by atoms with Crippen molar-refractivity contribution in [3.05, 3.63) is 46.3 Å². The zero-order chi connectivity index (χ0) is 20.9. The fourth-order valence-corrected chi connectivity index (χ4v) is 4.22. The summed E-state index contributed by atoms with van der Waals surface area (Å²) in [6, 6.07) is 9.18. The molecule has 2 aliphatic heterocycles. The van der Waals surface area contributed by atoms with E-state index >= 15 is 0 Å². The number of piperidine rings is 1. The molecule has 8 heteroatoms. The van der Waals surface area contributed by atoms with Crippen LogP contribution in [-0.2, 0) is 16.0 Å². The van der Waals surface area contributed by atoms with Gasteiger partial charge in [0.2, 0.25) is 5.91 Å². The number of benzene rings is 1. The number of carbonyl (C=O) groups is 2. The standard InChI is InChI=1S/C22H26BrN3O4/c23-20-7-6-19(30-20)22(28)24-17-5-4-16(14-18(17)25-8-2-1-3-9-25)15-21(27)26-10-12-29-13-11-26/h4-7,14H,1-3,8-13,15H2,(H,24,28). The van der Waals surface area contributed by atoms with Gasteiger partial charge in [0.1, 0.15) is 0 Å². The first-order valence-corrected chi connectivity index (χ1v) is 11.2. The number of anilines is 2. The quantitative estimate of drug-likeness (QED) is 0.713. The van der Waals surface area contributed by atoms with Crippen LogP contribution in [0.4, 0.5) is 11.4 Å². The Bertz CT molecular complexity index is 902. The third kappa shape index (κ3) is 5.05. The number of amides is 2. The molecular weight excluding hydrogens is 450 g/mol. The Morgan fingerprint density at radius 2 is 1.77 bits per heavy atom. The van der Waals surface area contributed by atoms with Gasteiger partial charge in [0.05, 0.1) is 31.0 Å². The number of morpholine rings is 1. The van der Waals surface area contributed by atoms with E-state index in [-0.39, 0.29) is 17.6 Å². The van der Waals surface area contributed by atoms with Gasteiger partial charge in [-0.3, -0.25) is 9.59 Å². The van der Waals surface area contributed by atoms with Crippen LogP contribution in [0.15, 0.2) is 39.4 Å². The minimum Gasteiger partial charge on any atom is -0.444 e. The van der Waals surface area contributed by atoms with Gasteiger partial charge in [-0.1, -0.05) is 6.07 Å². The second-order valence-corrected chi connectivity index (χ2v) is 8.41. The lowest BCUT2D eigenvalue weighted by molar-refractivity contribution is -0.134. The smallest absolute Gasteiger partial charge is 0.291 e. The lowest BCUT2D eigenvalue weighted by Gasteiger charge is -2.31. The molecule has 2 fully saturated rings. The molecule has 2 aromatic rings. The summed E-state index contributed by atoms with van der Waals surface area (Å²) in [5.74, 6) is 0.0641. The molecule has 4 rings (SSSR count). The number of halogens is 1. The summed E-state index contributed by atoms with van der Waals surface area (Å²) in [6.07, 6.45) is 3.80. The molecule has 160 valence electrons. The van der Waals surface area contributed by atoms with Crippen LogP contribution >= 0.6 is 15.9 Å². The third-order valence-corrected chi connectivity index (χ3v) is 5.95. The predicted molar refractivity (Wildman–Crippen MR) is 118 cm³/mol. The van der Waals surface area contributed by atoms with Gasteiger partial charge in [-0.05, 0) is 65.0 Å². The largest absolute Gasteiger partial charge is 0.444 e. The van der Waals surface area contributed by atoms with E-state index in [1.807, 2.05) is 23.1 Å². The monoisotopic (exact) mass is 475 g/mol. The van der Waals surface area contributed by atoms with Crippen molar-refractivity contribution < 1.29 is 18.7 Å². The summed E-state index contributed by atoms with van der Waals surface area (Å²) in [5.41, 5.74) is 2.64. The Kier molecular flexibility index (Phi) is 6.74. The lowest BCUT2D eigenvalue weighted by atomic mass is 10.1. The fourth-order valence-electron chi connectivity index (χ4n) is 3.91. The first kappa shape index (κ1) is 20.9. The molecule has 2 saturated heterocycles. The zero-order valence-electron chi connectivity index (χ0n) is 16.9. The van der Waals surface area contributed by atoms with Gasteiger partial charge in [-0.25, -0.2) is 0 Å². The Morgan fingerprint density at radius 1 is 1.00 bits per heavy atom. The van der Waals surface area contributed by atoms with Gasteiger partial charge < -0.3 is 24.3 Å². The van der Waals surface area contributed by atoms with E-state index in [2.05, 4.69) is 26.1 Å². The summed E-state index contributed by atoms with van der Waals surface area (Å²) in [4.78, 5) is 29.4. The van der Waals surface area contributed by atoms with Crippen LogP contribution < -0.4 is 10.2 Å². The first-order valence-electron chi connectivity index (χ1n) is 10.4. The fraction of sp³-hybridized carbons (Fsp3) is 0.455. The highest BCUT2D eigenvalue weighted by molar-refractivity contribution is 9.10. The van der Waals surface area contributed by atoms with Gasteiger partial charge in [0.15, 0.2) is 10.4 Å². The molecule has 2 aliphatic rings. The van der Waals surface area contributed by atoms with E-state index < -0.39 is 0 Å². The molecule has 0 unspecified atom stereocenters. The van der Waals surface area contributed by atoms with Crippen molar-refractivity contribution in [2.75, 3.05) is 49.6 Å². The van der Waals surface area contributed by atoms with E-state index in [1.165, 1.54) is 6.42 Å². The molecule has 1 aromatic carbocycles. The molecule has 0 aliphatic carbocycles. The summed E-state index contributed by atoms with van der Waals surface area (Å²) >= 11 is 3.23. The zero-order valence-corrected chi connectivity index (χ0v) is 18.4. The molecular formula is C22H26BrN3O4. The lowest BCUT2D eigenvalue weighted by Crippen LogP contribution is -2.41. The number of nitrogens with one attached hydrogen (secondary N) is 1. The Morgan fingerprint density at radius 3 is 2.47 bits per heavy atom. The molecule has 2 amide bonds. The van der Waals surface area contributed by atoms with Crippen molar-refractivity contribution in [3.8, 4) is 0 Å². The second-order valence-electron chi connectivity index (χ2n) is 7.63. The third-order valence-electron chi connectivity index (χ3n) is 5.52. The topological polar surface area (TPSA) is 75.0 Å². The van der Waals surface area contributed by atoms with Gasteiger partial charge in [-0.2, -0.15) is 0 Å². The van der Waals surface area contributed by atoms with Crippen LogP contribution in [0.25, 0.3) is 0 Å². The van der Waals surface area contributed by atoms with E-state index in [0.717, 1.165) is 42.9 Å². The van der Waals surface area contributed by atoms with Crippen LogP contribution in [0.5, 0.6) is 0 Å². The number of furan rings is 1. The number of carbonyl (C=O) groups excluding carboxylic acids is 2. The van der Waals surface area contributed by atoms with Crippen molar-refractivity contribution in [2.45, 2.75) is 25.7 Å². The summed E-state index contributed by atoms with van der Waals surface area (Å²) in [7, 11) is 0. The molecule has 0 atom stereocenters. The Hall–Kier alpha value is -2.32. The van der Waals surface area contributed by atoms with Gasteiger partial charge in [0.25, 0.3) is 5.91 Å². The van der Waals surface area contributed by atoms with E-state index in [1.54, 1.807) is 12.1 Å². The molecule has 0 radical (unpaired) electrons. The number of ether oxygens (including phenoxy) is 1. The first-order chi connectivity index (χ1) is 14.6. The number of rotatable bonds is 5. The average molecular weight is 476 g/mol. The summed E-state index contributed by atoms with van der Waals surface area (Å²) in [5, 5.41) is 2.97. The second kappa shape index (κ2) is 9.66. The highest BCUT2D eigenvalue weighted by atomic mass is 79.9. The van der Waals surface area contributed by atoms with Crippen LogP contribution in [0.3, 0.4) is 0 Å². The molecule has 0 bridgehead atoms. The number of nitrogens with zero attached hydrogens (tertiary/aromatic N) is 2. The van der Waals surface area contributed by atoms with Crippen molar-refractivity contribution >= 4 is 39.1 Å². The van der Waals surface area contributed by atoms with Crippen LogP contribution in [-0.4, -0.2) is 56.1 Å². The van der Waals surface area contributed by atoms with Crippen molar-refractivity contribution in [1.82, 2.24) is 4.90 Å². The Labute approximate surface area is 184 Å². The van der Waals surface area contributed by atoms with Crippen LogP contribution in [0, 0.1) is 0 Å². The maximum atomic E-state index is 12.7. The van der Waals surface area contributed by atoms with Crippen LogP contribution in [0.2, 0.25) is 0 Å². The van der Waals surface area contributed by atoms with E-state index in [4.69, 9.17) is 9.15 Å². The number of hydrogen-bond acceptors (Lipinski definition) is 5.